The van der Waals surface area contributed by atoms with Crippen LogP contribution >= 0.6 is 0 Å². The molecule has 0 unspecified atom stereocenters. The summed E-state index contributed by atoms with van der Waals surface area (Å²) in [5, 5.41) is 0. The van der Waals surface area contributed by atoms with Crippen LogP contribution in [0.2, 0.25) is 0 Å². The van der Waals surface area contributed by atoms with Crippen LogP contribution in [0.3, 0.4) is 0 Å². The van der Waals surface area contributed by atoms with Crippen LogP contribution in [0, 0.1) is 0 Å². The van der Waals surface area contributed by atoms with Gasteiger partial charge in [0.15, 0.2) is 0 Å². The molecule has 0 atom stereocenters. The molecule has 0 aromatic carbocycles. The molecule has 2 nitrogen and oxygen atoms in total. The number of hydrogen-bond acceptors (Lipinski definition) is 2. The number of ether oxygens (including phenoxy) is 1. The van der Waals surface area contributed by atoms with Gasteiger partial charge < -0.3 is 4.74 Å². The Bertz CT molecular complexity index is 214. The monoisotopic (exact) mass is 196 g/mol. The molecule has 0 aliphatic rings. The van der Waals surface area contributed by atoms with E-state index in [9.17, 15) is 4.79 Å². The molecule has 0 bridgehead atoms. The molecule has 14 heavy (non-hydrogen) atoms. The number of hydrogen-bond donors (Lipinski definition) is 0. The number of carbonyl (C=O) groups excluding carboxylic acids is 1. The van der Waals surface area contributed by atoms with Gasteiger partial charge in [0.1, 0.15) is 0 Å². The molecule has 0 saturated heterocycles. The molecular formula is C12H20O2. The maximum atomic E-state index is 10.9. The fourth-order valence-corrected chi connectivity index (χ4v) is 0.992. The third-order valence-electron chi connectivity index (χ3n) is 1.79. The first kappa shape index (κ1) is 12.9. The van der Waals surface area contributed by atoms with E-state index in [2.05, 4.69) is 13.0 Å². The Balaban J connectivity index is 3.84. The van der Waals surface area contributed by atoms with Crippen molar-refractivity contribution in [1.29, 1.82) is 0 Å². The van der Waals surface area contributed by atoms with Crippen LogP contribution in [-0.2, 0) is 9.53 Å². The van der Waals surface area contributed by atoms with Crippen LogP contribution in [0.4, 0.5) is 0 Å². The number of allylic oxidation sites excluding steroid dienone is 3. The lowest BCUT2D eigenvalue weighted by Crippen LogP contribution is -1.98. The van der Waals surface area contributed by atoms with Crippen molar-refractivity contribution >= 4 is 5.97 Å². The zero-order valence-electron chi connectivity index (χ0n) is 9.38. The third-order valence-corrected chi connectivity index (χ3v) is 1.79. The van der Waals surface area contributed by atoms with Crippen molar-refractivity contribution in [2.45, 2.75) is 40.0 Å². The minimum absolute atomic E-state index is 0.268. The van der Waals surface area contributed by atoms with E-state index in [1.54, 1.807) is 13.0 Å². The Morgan fingerprint density at radius 3 is 2.57 bits per heavy atom. The SMILES string of the molecule is CCCC/C=C(\C)C=CC(=O)OCC. The number of rotatable bonds is 6. The van der Waals surface area contributed by atoms with E-state index < -0.39 is 0 Å². The van der Waals surface area contributed by atoms with Gasteiger partial charge in [-0.15, -0.1) is 0 Å². The highest BCUT2D eigenvalue weighted by atomic mass is 16.5. The summed E-state index contributed by atoms with van der Waals surface area (Å²) in [6, 6.07) is 0. The van der Waals surface area contributed by atoms with Crippen LogP contribution in [0.15, 0.2) is 23.8 Å². The summed E-state index contributed by atoms with van der Waals surface area (Å²) in [7, 11) is 0. The second-order valence-electron chi connectivity index (χ2n) is 3.18. The minimum atomic E-state index is -0.268. The van der Waals surface area contributed by atoms with E-state index in [4.69, 9.17) is 4.74 Å². The molecule has 0 N–H and O–H groups in total. The molecule has 0 heterocycles. The first-order valence-electron chi connectivity index (χ1n) is 5.22. The van der Waals surface area contributed by atoms with E-state index in [1.807, 2.05) is 6.92 Å². The third kappa shape index (κ3) is 7.59. The summed E-state index contributed by atoms with van der Waals surface area (Å²) < 4.78 is 4.76. The zero-order chi connectivity index (χ0) is 10.8. The van der Waals surface area contributed by atoms with E-state index in [0.717, 1.165) is 12.0 Å². The lowest BCUT2D eigenvalue weighted by Gasteiger charge is -1.95. The molecule has 0 aromatic heterocycles. The lowest BCUT2D eigenvalue weighted by atomic mass is 10.2. The summed E-state index contributed by atoms with van der Waals surface area (Å²) in [4.78, 5) is 10.9. The molecule has 2 heteroatoms. The number of carbonyl (C=O) groups is 1. The molecule has 0 radical (unpaired) electrons. The van der Waals surface area contributed by atoms with Gasteiger partial charge in [-0.25, -0.2) is 4.79 Å². The molecule has 0 aromatic rings. The summed E-state index contributed by atoms with van der Waals surface area (Å²) in [5.74, 6) is -0.268. The normalized spacial score (nSPS) is 12.1. The maximum absolute atomic E-state index is 10.9. The summed E-state index contributed by atoms with van der Waals surface area (Å²) in [6.07, 6.45) is 8.89. The number of unbranched alkanes of at least 4 members (excludes halogenated alkanes) is 2. The Hall–Kier alpha value is -1.05. The molecule has 80 valence electrons. The molecular weight excluding hydrogens is 176 g/mol. The highest BCUT2D eigenvalue weighted by molar-refractivity contribution is 5.82. The first-order valence-corrected chi connectivity index (χ1v) is 5.22. The van der Waals surface area contributed by atoms with E-state index >= 15 is 0 Å². The average Bonchev–Trinajstić information content (AvgIpc) is 2.16. The van der Waals surface area contributed by atoms with E-state index in [-0.39, 0.29) is 5.97 Å². The highest BCUT2D eigenvalue weighted by Crippen LogP contribution is 2.02. The Labute approximate surface area is 86.6 Å². The predicted molar refractivity (Wildman–Crippen MR) is 59.1 cm³/mol. The average molecular weight is 196 g/mol. The Kier molecular flexibility index (Phi) is 7.90. The van der Waals surface area contributed by atoms with Crippen molar-refractivity contribution in [2.24, 2.45) is 0 Å². The smallest absolute Gasteiger partial charge is 0.330 e. The standard InChI is InChI=1S/C12H20O2/c1-4-6-7-8-11(3)9-10-12(13)14-5-2/h8-10H,4-7H2,1-3H3/b10-9?,11-8+. The van der Waals surface area contributed by atoms with Gasteiger partial charge in [0.05, 0.1) is 6.61 Å². The van der Waals surface area contributed by atoms with Gasteiger partial charge in [0.2, 0.25) is 0 Å². The summed E-state index contributed by atoms with van der Waals surface area (Å²) >= 11 is 0. The fraction of sp³-hybridized carbons (Fsp3) is 0.583. The zero-order valence-corrected chi connectivity index (χ0v) is 9.38. The highest BCUT2D eigenvalue weighted by Gasteiger charge is 1.92. The van der Waals surface area contributed by atoms with Gasteiger partial charge in [-0.2, -0.15) is 0 Å². The van der Waals surface area contributed by atoms with Crippen molar-refractivity contribution < 1.29 is 9.53 Å². The largest absolute Gasteiger partial charge is 0.463 e. The van der Waals surface area contributed by atoms with Gasteiger partial charge in [0, 0.05) is 6.08 Å². The summed E-state index contributed by atoms with van der Waals surface area (Å²) in [5.41, 5.74) is 1.12. The van der Waals surface area contributed by atoms with Crippen LogP contribution in [-0.4, -0.2) is 12.6 Å². The molecule has 0 saturated carbocycles. The second kappa shape index (κ2) is 8.54. The summed E-state index contributed by atoms with van der Waals surface area (Å²) in [6.45, 7) is 6.39. The molecule has 0 aliphatic heterocycles. The van der Waals surface area contributed by atoms with Crippen molar-refractivity contribution in [3.63, 3.8) is 0 Å². The first-order chi connectivity index (χ1) is 6.70. The molecule has 0 aliphatic carbocycles. The molecule has 0 fully saturated rings. The Morgan fingerprint density at radius 1 is 1.29 bits per heavy atom. The predicted octanol–water partition coefficient (Wildman–Crippen LogP) is 3.24. The topological polar surface area (TPSA) is 26.3 Å². The quantitative estimate of drug-likeness (QED) is 0.282. The van der Waals surface area contributed by atoms with Crippen molar-refractivity contribution in [3.8, 4) is 0 Å². The molecule has 0 spiro atoms. The van der Waals surface area contributed by atoms with E-state index in [0.29, 0.717) is 6.61 Å². The van der Waals surface area contributed by atoms with Crippen LogP contribution < -0.4 is 0 Å². The number of esters is 1. The van der Waals surface area contributed by atoms with Crippen LogP contribution in [0.1, 0.15) is 40.0 Å². The van der Waals surface area contributed by atoms with Gasteiger partial charge in [-0.3, -0.25) is 0 Å². The molecule has 0 amide bonds. The fourth-order valence-electron chi connectivity index (χ4n) is 0.992. The van der Waals surface area contributed by atoms with Crippen LogP contribution in [0.25, 0.3) is 0 Å². The van der Waals surface area contributed by atoms with Crippen molar-refractivity contribution in [1.82, 2.24) is 0 Å². The van der Waals surface area contributed by atoms with Crippen molar-refractivity contribution in [2.75, 3.05) is 6.61 Å². The lowest BCUT2D eigenvalue weighted by molar-refractivity contribution is -0.137. The second-order valence-corrected chi connectivity index (χ2v) is 3.18. The van der Waals surface area contributed by atoms with Gasteiger partial charge >= 0.3 is 5.97 Å². The van der Waals surface area contributed by atoms with Crippen LogP contribution in [0.5, 0.6) is 0 Å². The van der Waals surface area contributed by atoms with Crippen molar-refractivity contribution in [3.05, 3.63) is 23.8 Å². The Morgan fingerprint density at radius 2 is 2.00 bits per heavy atom. The minimum Gasteiger partial charge on any atom is -0.463 e. The van der Waals surface area contributed by atoms with Gasteiger partial charge in [-0.05, 0) is 20.3 Å². The van der Waals surface area contributed by atoms with Gasteiger partial charge in [0.25, 0.3) is 0 Å². The van der Waals surface area contributed by atoms with Gasteiger partial charge in [-0.1, -0.05) is 37.5 Å². The molecule has 0 rings (SSSR count). The maximum Gasteiger partial charge on any atom is 0.330 e. The van der Waals surface area contributed by atoms with E-state index in [1.165, 1.54) is 18.9 Å².